The standard InChI is InChI=1S/C14H27NO2/c1-5-12(6-2)15(4)14(13(16)17)9-7-11(3)8-10-14/h11-12H,5-10H2,1-4H3,(H,16,17). The van der Waals surface area contributed by atoms with Crippen LogP contribution >= 0.6 is 0 Å². The molecule has 100 valence electrons. The van der Waals surface area contributed by atoms with Crippen molar-refractivity contribution in [2.75, 3.05) is 7.05 Å². The molecule has 0 atom stereocenters. The molecule has 1 saturated carbocycles. The summed E-state index contributed by atoms with van der Waals surface area (Å²) in [4.78, 5) is 13.9. The largest absolute Gasteiger partial charge is 0.480 e. The molecule has 0 amide bonds. The maximum atomic E-state index is 11.7. The highest BCUT2D eigenvalue weighted by Gasteiger charge is 2.46. The minimum absolute atomic E-state index is 0.388. The van der Waals surface area contributed by atoms with Crippen LogP contribution in [-0.2, 0) is 4.79 Å². The Morgan fingerprint density at radius 3 is 2.18 bits per heavy atom. The quantitative estimate of drug-likeness (QED) is 0.804. The van der Waals surface area contributed by atoms with Crippen molar-refractivity contribution < 1.29 is 9.90 Å². The van der Waals surface area contributed by atoms with E-state index in [4.69, 9.17) is 0 Å². The van der Waals surface area contributed by atoms with E-state index in [0.29, 0.717) is 12.0 Å². The van der Waals surface area contributed by atoms with Crippen LogP contribution in [0.15, 0.2) is 0 Å². The Bertz CT molecular complexity index is 253. The van der Waals surface area contributed by atoms with Crippen molar-refractivity contribution in [1.82, 2.24) is 4.90 Å². The monoisotopic (exact) mass is 241 g/mol. The molecule has 0 aromatic carbocycles. The summed E-state index contributed by atoms with van der Waals surface area (Å²) < 4.78 is 0. The van der Waals surface area contributed by atoms with Crippen molar-refractivity contribution in [3.8, 4) is 0 Å². The molecule has 0 aromatic heterocycles. The number of hydrogen-bond donors (Lipinski definition) is 1. The van der Waals surface area contributed by atoms with Crippen LogP contribution in [-0.4, -0.2) is 34.6 Å². The third-order valence-electron chi connectivity index (χ3n) is 4.66. The Balaban J connectivity index is 2.88. The summed E-state index contributed by atoms with van der Waals surface area (Å²) in [6.07, 6.45) is 5.73. The molecule has 0 bridgehead atoms. The van der Waals surface area contributed by atoms with E-state index in [-0.39, 0.29) is 0 Å². The van der Waals surface area contributed by atoms with Gasteiger partial charge in [0.25, 0.3) is 0 Å². The van der Waals surface area contributed by atoms with Gasteiger partial charge in [-0.25, -0.2) is 0 Å². The first-order valence-corrected chi connectivity index (χ1v) is 6.94. The van der Waals surface area contributed by atoms with Crippen LogP contribution in [0, 0.1) is 5.92 Å². The SMILES string of the molecule is CCC(CC)N(C)C1(C(=O)O)CCC(C)CC1. The van der Waals surface area contributed by atoms with Crippen molar-refractivity contribution in [3.05, 3.63) is 0 Å². The summed E-state index contributed by atoms with van der Waals surface area (Å²) >= 11 is 0. The molecule has 1 N–H and O–H groups in total. The molecule has 1 aliphatic rings. The Hall–Kier alpha value is -0.570. The van der Waals surface area contributed by atoms with Crippen LogP contribution in [0.25, 0.3) is 0 Å². The van der Waals surface area contributed by atoms with Crippen LogP contribution in [0.4, 0.5) is 0 Å². The molecule has 1 fully saturated rings. The minimum Gasteiger partial charge on any atom is -0.480 e. The third kappa shape index (κ3) is 2.82. The van der Waals surface area contributed by atoms with Crippen molar-refractivity contribution in [2.24, 2.45) is 5.92 Å². The van der Waals surface area contributed by atoms with Gasteiger partial charge in [0.05, 0.1) is 0 Å². The molecule has 0 aliphatic heterocycles. The van der Waals surface area contributed by atoms with E-state index >= 15 is 0 Å². The summed E-state index contributed by atoms with van der Waals surface area (Å²) in [5.41, 5.74) is -0.608. The highest BCUT2D eigenvalue weighted by atomic mass is 16.4. The Labute approximate surface area is 105 Å². The lowest BCUT2D eigenvalue weighted by atomic mass is 9.75. The summed E-state index contributed by atoms with van der Waals surface area (Å²) in [5, 5.41) is 9.64. The Morgan fingerprint density at radius 2 is 1.82 bits per heavy atom. The van der Waals surface area contributed by atoms with E-state index < -0.39 is 11.5 Å². The number of hydrogen-bond acceptors (Lipinski definition) is 2. The van der Waals surface area contributed by atoms with Gasteiger partial charge < -0.3 is 5.11 Å². The molecular weight excluding hydrogens is 214 g/mol. The van der Waals surface area contributed by atoms with Crippen LogP contribution in [0.5, 0.6) is 0 Å². The number of carboxylic acid groups (broad SMARTS) is 1. The van der Waals surface area contributed by atoms with E-state index in [1.54, 1.807) is 0 Å². The lowest BCUT2D eigenvalue weighted by molar-refractivity contribution is -0.156. The van der Waals surface area contributed by atoms with Gasteiger partial charge in [-0.3, -0.25) is 9.69 Å². The minimum atomic E-state index is -0.626. The van der Waals surface area contributed by atoms with Crippen molar-refractivity contribution in [3.63, 3.8) is 0 Å². The van der Waals surface area contributed by atoms with Gasteiger partial charge in [0.15, 0.2) is 0 Å². The number of nitrogens with zero attached hydrogens (tertiary/aromatic N) is 1. The summed E-state index contributed by atoms with van der Waals surface area (Å²) in [7, 11) is 2.00. The van der Waals surface area contributed by atoms with Crippen LogP contribution < -0.4 is 0 Å². The zero-order valence-corrected chi connectivity index (χ0v) is 11.7. The fraction of sp³-hybridized carbons (Fsp3) is 0.929. The molecular formula is C14H27NO2. The zero-order valence-electron chi connectivity index (χ0n) is 11.7. The fourth-order valence-corrected chi connectivity index (χ4v) is 3.14. The zero-order chi connectivity index (χ0) is 13.1. The number of aliphatic carboxylic acids is 1. The second kappa shape index (κ2) is 5.85. The van der Waals surface area contributed by atoms with E-state index in [0.717, 1.165) is 38.5 Å². The molecule has 17 heavy (non-hydrogen) atoms. The second-order valence-corrected chi connectivity index (χ2v) is 5.60. The Kier molecular flexibility index (Phi) is 4.99. The van der Waals surface area contributed by atoms with E-state index in [2.05, 4.69) is 25.7 Å². The predicted octanol–water partition coefficient (Wildman–Crippen LogP) is 3.14. The predicted molar refractivity (Wildman–Crippen MR) is 70.1 cm³/mol. The van der Waals surface area contributed by atoms with Crippen molar-refractivity contribution in [1.29, 1.82) is 0 Å². The first-order valence-electron chi connectivity index (χ1n) is 6.94. The second-order valence-electron chi connectivity index (χ2n) is 5.60. The van der Waals surface area contributed by atoms with Crippen molar-refractivity contribution in [2.45, 2.75) is 70.9 Å². The third-order valence-corrected chi connectivity index (χ3v) is 4.66. The van der Waals surface area contributed by atoms with Crippen LogP contribution in [0.3, 0.4) is 0 Å². The van der Waals surface area contributed by atoms with Crippen LogP contribution in [0.1, 0.15) is 59.3 Å². The number of carboxylic acids is 1. The highest BCUT2D eigenvalue weighted by Crippen LogP contribution is 2.37. The summed E-state index contributed by atoms with van der Waals surface area (Å²) in [6, 6.07) is 0.388. The van der Waals surface area contributed by atoms with E-state index in [9.17, 15) is 9.90 Å². The van der Waals surface area contributed by atoms with Crippen molar-refractivity contribution >= 4 is 5.97 Å². The molecule has 3 heteroatoms. The van der Waals surface area contributed by atoms with Gasteiger partial charge in [0, 0.05) is 6.04 Å². The molecule has 0 spiro atoms. The van der Waals surface area contributed by atoms with Gasteiger partial charge in [-0.1, -0.05) is 20.8 Å². The topological polar surface area (TPSA) is 40.5 Å². The lowest BCUT2D eigenvalue weighted by Crippen LogP contribution is -2.58. The summed E-state index contributed by atoms with van der Waals surface area (Å²) in [6.45, 7) is 6.51. The molecule has 1 rings (SSSR count). The molecule has 0 unspecified atom stereocenters. The first kappa shape index (κ1) is 14.5. The van der Waals surface area contributed by atoms with Gasteiger partial charge in [0.2, 0.25) is 0 Å². The average Bonchev–Trinajstić information content (AvgIpc) is 2.31. The van der Waals surface area contributed by atoms with Gasteiger partial charge in [-0.2, -0.15) is 0 Å². The smallest absolute Gasteiger partial charge is 0.324 e. The van der Waals surface area contributed by atoms with Gasteiger partial charge in [-0.15, -0.1) is 0 Å². The molecule has 0 heterocycles. The Morgan fingerprint density at radius 1 is 1.35 bits per heavy atom. The highest BCUT2D eigenvalue weighted by molar-refractivity contribution is 5.79. The fourth-order valence-electron chi connectivity index (χ4n) is 3.14. The van der Waals surface area contributed by atoms with E-state index in [1.807, 2.05) is 7.05 Å². The maximum absolute atomic E-state index is 11.7. The molecule has 0 saturated heterocycles. The maximum Gasteiger partial charge on any atom is 0.324 e. The molecule has 0 aromatic rings. The lowest BCUT2D eigenvalue weighted by Gasteiger charge is -2.46. The normalized spacial score (nSPS) is 29.9. The number of rotatable bonds is 5. The first-order chi connectivity index (χ1) is 7.97. The molecule has 0 radical (unpaired) electrons. The number of carbonyl (C=O) groups is 1. The van der Waals surface area contributed by atoms with Gasteiger partial charge >= 0.3 is 5.97 Å². The molecule has 3 nitrogen and oxygen atoms in total. The number of likely N-dealkylation sites (N-methyl/N-ethyl adjacent to an activating group) is 1. The molecule has 1 aliphatic carbocycles. The van der Waals surface area contributed by atoms with E-state index in [1.165, 1.54) is 0 Å². The van der Waals surface area contributed by atoms with Crippen LogP contribution in [0.2, 0.25) is 0 Å². The van der Waals surface area contributed by atoms with Gasteiger partial charge in [0.1, 0.15) is 5.54 Å². The average molecular weight is 241 g/mol. The summed E-state index contributed by atoms with van der Waals surface area (Å²) in [5.74, 6) is 0.0522. The van der Waals surface area contributed by atoms with Gasteiger partial charge in [-0.05, 0) is 51.5 Å².